The number of aromatic nitrogens is 2. The van der Waals surface area contributed by atoms with Gasteiger partial charge in [-0.1, -0.05) is 18.2 Å². The van der Waals surface area contributed by atoms with Crippen molar-refractivity contribution in [3.05, 3.63) is 77.1 Å². The second-order valence-corrected chi connectivity index (χ2v) is 12.0. The molecule has 2 aromatic carbocycles. The fourth-order valence-electron chi connectivity index (χ4n) is 4.74. The molecule has 2 heterocycles. The molecule has 1 aromatic heterocycles. The third kappa shape index (κ3) is 5.79. The summed E-state index contributed by atoms with van der Waals surface area (Å²) < 4.78 is 62.6. The van der Waals surface area contributed by atoms with Gasteiger partial charge in [0.2, 0.25) is 5.91 Å². The van der Waals surface area contributed by atoms with Crippen molar-refractivity contribution < 1.29 is 31.2 Å². The maximum atomic E-state index is 13.3. The monoisotopic (exact) mass is 573 g/mol. The van der Waals surface area contributed by atoms with E-state index < -0.39 is 33.5 Å². The van der Waals surface area contributed by atoms with E-state index in [4.69, 9.17) is 0 Å². The molecule has 1 N–H and O–H groups in total. The number of benzene rings is 2. The summed E-state index contributed by atoms with van der Waals surface area (Å²) in [5.41, 5.74) is 1.09. The Morgan fingerprint density at radius 3 is 2.33 bits per heavy atom. The minimum Gasteiger partial charge on any atom is -0.348 e. The predicted octanol–water partition coefficient (Wildman–Crippen LogP) is 4.11. The van der Waals surface area contributed by atoms with Gasteiger partial charge in [0.1, 0.15) is 11.9 Å². The summed E-state index contributed by atoms with van der Waals surface area (Å²) in [7, 11) is -3.46. The molecule has 2 aliphatic rings. The Kier molecular flexibility index (Phi) is 7.02. The summed E-state index contributed by atoms with van der Waals surface area (Å²) in [6.45, 7) is 1.78. The van der Waals surface area contributed by atoms with Gasteiger partial charge >= 0.3 is 6.18 Å². The third-order valence-corrected chi connectivity index (χ3v) is 8.06. The highest BCUT2D eigenvalue weighted by Gasteiger charge is 2.38. The Bertz CT molecular complexity index is 1560. The highest BCUT2D eigenvalue weighted by molar-refractivity contribution is 7.90. The minimum atomic E-state index is -4.40. The quantitative estimate of drug-likeness (QED) is 0.453. The molecule has 2 amide bonds. The first-order valence-corrected chi connectivity index (χ1v) is 14.4. The molecule has 1 aliphatic carbocycles. The van der Waals surface area contributed by atoms with Crippen molar-refractivity contribution in [1.29, 1.82) is 0 Å². The normalized spacial score (nSPS) is 16.9. The molecule has 0 spiro atoms. The molecule has 0 saturated heterocycles. The number of hydrogen-bond acceptors (Lipinski definition) is 7. The third-order valence-electron chi connectivity index (χ3n) is 6.95. The van der Waals surface area contributed by atoms with E-state index in [1.54, 1.807) is 6.07 Å². The van der Waals surface area contributed by atoms with Crippen LogP contribution in [-0.4, -0.2) is 47.4 Å². The molecule has 40 heavy (non-hydrogen) atoms. The van der Waals surface area contributed by atoms with Gasteiger partial charge in [-0.15, -0.1) is 0 Å². The number of fused-ring (bicyclic) bond motifs is 1. The zero-order valence-corrected chi connectivity index (χ0v) is 22.5. The zero-order valence-electron chi connectivity index (χ0n) is 21.6. The topological polar surface area (TPSA) is 113 Å². The van der Waals surface area contributed by atoms with Crippen molar-refractivity contribution in [2.24, 2.45) is 0 Å². The van der Waals surface area contributed by atoms with Crippen LogP contribution in [0.3, 0.4) is 0 Å². The summed E-state index contributed by atoms with van der Waals surface area (Å²) in [5, 5.41) is 2.69. The van der Waals surface area contributed by atoms with E-state index >= 15 is 0 Å². The number of halogens is 3. The Labute approximate surface area is 229 Å². The average Bonchev–Trinajstić information content (AvgIpc) is 3.65. The first kappa shape index (κ1) is 27.6. The van der Waals surface area contributed by atoms with Crippen LogP contribution in [0.15, 0.2) is 59.8 Å². The Morgan fingerprint density at radius 2 is 1.77 bits per heavy atom. The molecule has 13 heteroatoms. The van der Waals surface area contributed by atoms with Crippen LogP contribution in [0.5, 0.6) is 0 Å². The Morgan fingerprint density at radius 1 is 1.07 bits per heavy atom. The highest BCUT2D eigenvalue weighted by atomic mass is 32.2. The summed E-state index contributed by atoms with van der Waals surface area (Å²) in [6, 6.07) is 8.65. The van der Waals surface area contributed by atoms with E-state index in [0.717, 1.165) is 31.2 Å². The van der Waals surface area contributed by atoms with Crippen LogP contribution in [0.1, 0.15) is 48.1 Å². The number of alkyl halides is 3. The van der Waals surface area contributed by atoms with Gasteiger partial charge in [-0.05, 0) is 53.8 Å². The van der Waals surface area contributed by atoms with E-state index in [1.165, 1.54) is 48.5 Å². The second kappa shape index (κ2) is 10.2. The van der Waals surface area contributed by atoms with Crippen LogP contribution >= 0.6 is 0 Å². The first-order valence-electron chi connectivity index (χ1n) is 12.5. The summed E-state index contributed by atoms with van der Waals surface area (Å²) >= 11 is 0. The van der Waals surface area contributed by atoms with Crippen molar-refractivity contribution in [1.82, 2.24) is 14.9 Å². The molecule has 9 nitrogen and oxygen atoms in total. The maximum absolute atomic E-state index is 13.3. The Hall–Kier alpha value is -4.00. The number of nitrogens with one attached hydrogen (secondary N) is 1. The van der Waals surface area contributed by atoms with E-state index in [2.05, 4.69) is 15.3 Å². The lowest BCUT2D eigenvalue weighted by molar-refractivity contribution is -0.137. The fraction of sp³-hybridized carbons (Fsp3) is 0.333. The van der Waals surface area contributed by atoms with Gasteiger partial charge in [0.05, 0.1) is 22.9 Å². The highest BCUT2D eigenvalue weighted by Crippen LogP contribution is 2.37. The van der Waals surface area contributed by atoms with Crippen LogP contribution in [0, 0.1) is 0 Å². The molecular weight excluding hydrogens is 547 g/mol. The van der Waals surface area contributed by atoms with Crippen LogP contribution in [0.4, 0.5) is 24.8 Å². The van der Waals surface area contributed by atoms with E-state index in [0.29, 0.717) is 29.1 Å². The fourth-order valence-corrected chi connectivity index (χ4v) is 5.41. The van der Waals surface area contributed by atoms with Gasteiger partial charge in [-0.2, -0.15) is 13.2 Å². The van der Waals surface area contributed by atoms with E-state index in [1.807, 2.05) is 4.90 Å². The van der Waals surface area contributed by atoms with Crippen molar-refractivity contribution in [2.45, 2.75) is 56.0 Å². The lowest BCUT2D eigenvalue weighted by Crippen LogP contribution is -2.35. The van der Waals surface area contributed by atoms with E-state index in [9.17, 15) is 31.2 Å². The molecule has 1 saturated carbocycles. The largest absolute Gasteiger partial charge is 0.416 e. The van der Waals surface area contributed by atoms with Crippen LogP contribution < -0.4 is 10.2 Å². The van der Waals surface area contributed by atoms with E-state index in [-0.39, 0.29) is 29.2 Å². The number of hydrogen-bond donors (Lipinski definition) is 1. The molecule has 210 valence electrons. The number of nitrogens with zero attached hydrogens (tertiary/aromatic N) is 4. The van der Waals surface area contributed by atoms with Crippen LogP contribution in [0.2, 0.25) is 0 Å². The number of anilines is 2. The smallest absolute Gasteiger partial charge is 0.348 e. The lowest BCUT2D eigenvalue weighted by atomic mass is 10.0. The lowest BCUT2D eigenvalue weighted by Gasteiger charge is -2.24. The van der Waals surface area contributed by atoms with Gasteiger partial charge in [0.25, 0.3) is 5.91 Å². The van der Waals surface area contributed by atoms with Gasteiger partial charge in [0.15, 0.2) is 15.7 Å². The number of carbonyl (C=O) groups excluding carboxylic acids is 2. The molecular formula is C27H26F3N5O4S. The average molecular weight is 574 g/mol. The van der Waals surface area contributed by atoms with Crippen molar-refractivity contribution in [3.63, 3.8) is 0 Å². The minimum absolute atomic E-state index is 0.0943. The SMILES string of the molecule is CC(=O)N1Cc2cc(S(C)(=O)=O)ccc2[C@@H]1C(=O)Nc1cnc(N(Cc2ccc(C(F)(F)F)cc2)C2CC2)cn1. The second-order valence-electron chi connectivity index (χ2n) is 9.99. The molecule has 0 radical (unpaired) electrons. The van der Waals surface area contributed by atoms with Gasteiger partial charge < -0.3 is 15.1 Å². The standard InChI is InChI=1S/C27H26F3N5O4S/c1-16(36)34-15-18-11-21(40(2,38)39)9-10-22(18)25(34)26(37)33-23-12-32-24(13-31-23)35(20-7-8-20)14-17-3-5-19(6-4-17)27(28,29)30/h3-6,9-13,20,25H,7-8,14-15H2,1-2H3,(H,31,33,37)/t25-/m1/s1. The maximum Gasteiger partial charge on any atom is 0.416 e. The van der Waals surface area contributed by atoms with Gasteiger partial charge in [-0.25, -0.2) is 18.4 Å². The number of rotatable bonds is 7. The van der Waals surface area contributed by atoms with Crippen molar-refractivity contribution in [2.75, 3.05) is 16.5 Å². The molecule has 5 rings (SSSR count). The number of carbonyl (C=O) groups is 2. The predicted molar refractivity (Wildman–Crippen MR) is 140 cm³/mol. The molecule has 1 fully saturated rings. The molecule has 0 bridgehead atoms. The summed E-state index contributed by atoms with van der Waals surface area (Å²) in [6.07, 6.45) is 1.40. The summed E-state index contributed by atoms with van der Waals surface area (Å²) in [5.74, 6) is -0.192. The van der Waals surface area contributed by atoms with Crippen LogP contribution in [0.25, 0.3) is 0 Å². The molecule has 1 aliphatic heterocycles. The van der Waals surface area contributed by atoms with Crippen molar-refractivity contribution >= 4 is 33.3 Å². The molecule has 1 atom stereocenters. The first-order chi connectivity index (χ1) is 18.8. The summed E-state index contributed by atoms with van der Waals surface area (Å²) in [4.78, 5) is 37.7. The van der Waals surface area contributed by atoms with Gasteiger partial charge in [-0.3, -0.25) is 9.59 Å². The zero-order chi connectivity index (χ0) is 28.8. The van der Waals surface area contributed by atoms with Gasteiger partial charge in [0, 0.05) is 32.3 Å². The number of amides is 2. The van der Waals surface area contributed by atoms with Crippen LogP contribution in [-0.2, 0) is 38.7 Å². The van der Waals surface area contributed by atoms with Crippen molar-refractivity contribution in [3.8, 4) is 0 Å². The Balaban J connectivity index is 1.32. The molecule has 3 aromatic rings. The number of sulfone groups is 1. The molecule has 0 unspecified atom stereocenters.